The highest BCUT2D eigenvalue weighted by Gasteiger charge is 2.09. The Labute approximate surface area is 105 Å². The second-order valence-corrected chi connectivity index (χ2v) is 3.55. The maximum atomic E-state index is 11.4. The van der Waals surface area contributed by atoms with Gasteiger partial charge < -0.3 is 9.47 Å². The molecule has 0 aliphatic heterocycles. The van der Waals surface area contributed by atoms with Gasteiger partial charge in [-0.1, -0.05) is 6.08 Å². The van der Waals surface area contributed by atoms with Crippen molar-refractivity contribution in [2.45, 2.75) is 20.4 Å². The van der Waals surface area contributed by atoms with Crippen LogP contribution in [0.5, 0.6) is 0 Å². The third kappa shape index (κ3) is 3.73. The number of hydrogen-bond acceptors (Lipinski definition) is 5. The molecule has 1 aromatic heterocycles. The van der Waals surface area contributed by atoms with Crippen molar-refractivity contribution in [2.24, 2.45) is 0 Å². The first kappa shape index (κ1) is 14.0. The fourth-order valence-corrected chi connectivity index (χ4v) is 1.26. The van der Waals surface area contributed by atoms with E-state index in [1.165, 1.54) is 13.3 Å². The minimum Gasteiger partial charge on any atom is -0.466 e. The molecule has 98 valence electrons. The Morgan fingerprint density at radius 3 is 2.83 bits per heavy atom. The van der Waals surface area contributed by atoms with E-state index in [2.05, 4.69) is 9.84 Å². The molecule has 0 N–H and O–H groups in total. The maximum absolute atomic E-state index is 11.4. The molecule has 1 rings (SSSR count). The number of aromatic nitrogens is 2. The molecule has 0 saturated heterocycles. The molecule has 0 bridgehead atoms. The molecular formula is C12H16N2O4. The summed E-state index contributed by atoms with van der Waals surface area (Å²) in [7, 11) is 1.33. The van der Waals surface area contributed by atoms with Gasteiger partial charge in [0, 0.05) is 11.8 Å². The van der Waals surface area contributed by atoms with Crippen molar-refractivity contribution in [3.63, 3.8) is 0 Å². The van der Waals surface area contributed by atoms with E-state index in [0.717, 1.165) is 0 Å². The molecule has 1 aromatic rings. The van der Waals surface area contributed by atoms with Gasteiger partial charge in [-0.25, -0.2) is 9.59 Å². The molecule has 0 atom stereocenters. The van der Waals surface area contributed by atoms with Crippen molar-refractivity contribution < 1.29 is 19.1 Å². The van der Waals surface area contributed by atoms with Crippen molar-refractivity contribution in [2.75, 3.05) is 13.7 Å². The lowest BCUT2D eigenvalue weighted by molar-refractivity contribution is -0.136. The summed E-state index contributed by atoms with van der Waals surface area (Å²) in [5, 5.41) is 4.00. The molecule has 1 heterocycles. The van der Waals surface area contributed by atoms with Crippen LogP contribution in [0.2, 0.25) is 0 Å². The molecule has 0 saturated carbocycles. The number of nitrogens with zero attached hydrogens (tertiary/aromatic N) is 2. The average Bonchev–Trinajstić information content (AvgIpc) is 2.84. The molecule has 0 unspecified atom stereocenters. The number of esters is 2. The van der Waals surface area contributed by atoms with Gasteiger partial charge in [-0.15, -0.1) is 0 Å². The molecular weight excluding hydrogens is 236 g/mol. The van der Waals surface area contributed by atoms with Crippen molar-refractivity contribution in [1.82, 2.24) is 9.78 Å². The van der Waals surface area contributed by atoms with E-state index in [1.54, 1.807) is 30.8 Å². The van der Waals surface area contributed by atoms with Crippen LogP contribution in [0.15, 0.2) is 24.0 Å². The minimum absolute atomic E-state index is 0.325. The zero-order valence-electron chi connectivity index (χ0n) is 10.7. The monoisotopic (exact) mass is 252 g/mol. The highest BCUT2D eigenvalue weighted by Crippen LogP contribution is 2.02. The van der Waals surface area contributed by atoms with Gasteiger partial charge in [0.15, 0.2) is 0 Å². The van der Waals surface area contributed by atoms with Gasteiger partial charge >= 0.3 is 11.9 Å². The molecule has 6 nitrogen and oxygen atoms in total. The molecule has 6 heteroatoms. The second kappa shape index (κ2) is 6.58. The fraction of sp³-hybridized carbons (Fsp3) is 0.417. The molecule has 0 aliphatic rings. The SMILES string of the molecule is CCOC(=O)c1cnn(C/C=C(/C)C(=O)OC)c1. The van der Waals surface area contributed by atoms with Crippen LogP contribution in [0.3, 0.4) is 0 Å². The predicted octanol–water partition coefficient (Wildman–Crippen LogP) is 1.18. The third-order valence-corrected chi connectivity index (χ3v) is 2.24. The van der Waals surface area contributed by atoms with Crippen LogP contribution in [0.4, 0.5) is 0 Å². The first-order valence-electron chi connectivity index (χ1n) is 5.53. The first-order chi connectivity index (χ1) is 8.58. The van der Waals surface area contributed by atoms with Crippen LogP contribution >= 0.6 is 0 Å². The summed E-state index contributed by atoms with van der Waals surface area (Å²) in [5.74, 6) is -0.787. The number of carbonyl (C=O) groups excluding carboxylic acids is 2. The van der Waals surface area contributed by atoms with Crippen LogP contribution in [-0.2, 0) is 20.8 Å². The lowest BCUT2D eigenvalue weighted by atomic mass is 10.3. The molecule has 18 heavy (non-hydrogen) atoms. The summed E-state index contributed by atoms with van der Waals surface area (Å²) in [6, 6.07) is 0. The van der Waals surface area contributed by atoms with Gasteiger partial charge in [0.25, 0.3) is 0 Å². The van der Waals surface area contributed by atoms with Crippen LogP contribution in [-0.4, -0.2) is 35.4 Å². The predicted molar refractivity (Wildman–Crippen MR) is 64.0 cm³/mol. The standard InChI is InChI=1S/C12H16N2O4/c1-4-18-12(16)10-7-13-14(8-10)6-5-9(2)11(15)17-3/h5,7-8H,4,6H2,1-3H3/b9-5-. The quantitative estimate of drug-likeness (QED) is 0.581. The van der Waals surface area contributed by atoms with Gasteiger partial charge in [0.05, 0.1) is 32.0 Å². The summed E-state index contributed by atoms with van der Waals surface area (Å²) in [4.78, 5) is 22.5. The summed E-state index contributed by atoms with van der Waals surface area (Å²) in [5.41, 5.74) is 0.881. The molecule has 0 aliphatic carbocycles. The molecule has 0 amide bonds. The fourth-order valence-electron chi connectivity index (χ4n) is 1.26. The van der Waals surface area contributed by atoms with Crippen molar-refractivity contribution in [1.29, 1.82) is 0 Å². The van der Waals surface area contributed by atoms with Crippen molar-refractivity contribution >= 4 is 11.9 Å². The Hall–Kier alpha value is -2.11. The third-order valence-electron chi connectivity index (χ3n) is 2.24. The molecule has 0 spiro atoms. The minimum atomic E-state index is -0.405. The van der Waals surface area contributed by atoms with Gasteiger partial charge in [0.1, 0.15) is 0 Å². The van der Waals surface area contributed by atoms with Gasteiger partial charge in [-0.2, -0.15) is 5.10 Å². The second-order valence-electron chi connectivity index (χ2n) is 3.55. The van der Waals surface area contributed by atoms with Crippen LogP contribution in [0, 0.1) is 0 Å². The molecule has 0 fully saturated rings. The summed E-state index contributed by atoms with van der Waals surface area (Å²) < 4.78 is 10.9. The smallest absolute Gasteiger partial charge is 0.341 e. The number of carbonyl (C=O) groups is 2. The molecule has 0 radical (unpaired) electrons. The number of rotatable bonds is 5. The summed E-state index contributed by atoms with van der Waals surface area (Å²) in [6.07, 6.45) is 4.67. The number of hydrogen-bond donors (Lipinski definition) is 0. The lowest BCUT2D eigenvalue weighted by Gasteiger charge is -1.99. The Morgan fingerprint density at radius 2 is 2.22 bits per heavy atom. The van der Waals surface area contributed by atoms with Crippen LogP contribution < -0.4 is 0 Å². The van der Waals surface area contributed by atoms with Crippen molar-refractivity contribution in [3.05, 3.63) is 29.6 Å². The number of allylic oxidation sites excluding steroid dienone is 1. The number of methoxy groups -OCH3 is 1. The van der Waals surface area contributed by atoms with E-state index in [0.29, 0.717) is 24.3 Å². The van der Waals surface area contributed by atoms with Gasteiger partial charge in [0.2, 0.25) is 0 Å². The Bertz CT molecular complexity index is 462. The molecule has 0 aromatic carbocycles. The topological polar surface area (TPSA) is 70.4 Å². The van der Waals surface area contributed by atoms with E-state index in [4.69, 9.17) is 4.74 Å². The van der Waals surface area contributed by atoms with E-state index < -0.39 is 5.97 Å². The van der Waals surface area contributed by atoms with E-state index in [9.17, 15) is 9.59 Å². The zero-order chi connectivity index (χ0) is 13.5. The van der Waals surface area contributed by atoms with Gasteiger partial charge in [-0.3, -0.25) is 4.68 Å². The van der Waals surface area contributed by atoms with Crippen molar-refractivity contribution in [3.8, 4) is 0 Å². The van der Waals surface area contributed by atoms with Gasteiger partial charge in [-0.05, 0) is 13.8 Å². The Morgan fingerprint density at radius 1 is 1.50 bits per heavy atom. The Balaban J connectivity index is 2.65. The van der Waals surface area contributed by atoms with Crippen LogP contribution in [0.25, 0.3) is 0 Å². The largest absolute Gasteiger partial charge is 0.466 e. The summed E-state index contributed by atoms with van der Waals surface area (Å²) >= 11 is 0. The Kier molecular flexibility index (Phi) is 5.10. The summed E-state index contributed by atoms with van der Waals surface area (Å²) in [6.45, 7) is 4.11. The lowest BCUT2D eigenvalue weighted by Crippen LogP contribution is -2.05. The van der Waals surface area contributed by atoms with E-state index in [-0.39, 0.29) is 5.97 Å². The maximum Gasteiger partial charge on any atom is 0.341 e. The van der Waals surface area contributed by atoms with E-state index >= 15 is 0 Å². The highest BCUT2D eigenvalue weighted by atomic mass is 16.5. The zero-order valence-corrected chi connectivity index (χ0v) is 10.7. The first-order valence-corrected chi connectivity index (χ1v) is 5.53. The highest BCUT2D eigenvalue weighted by molar-refractivity contribution is 5.88. The number of ether oxygens (including phenoxy) is 2. The normalized spacial score (nSPS) is 11.2. The van der Waals surface area contributed by atoms with E-state index in [1.807, 2.05) is 0 Å². The average molecular weight is 252 g/mol. The van der Waals surface area contributed by atoms with Crippen LogP contribution in [0.1, 0.15) is 24.2 Å².